The minimum absolute atomic E-state index is 0.0520. The zero-order valence-corrected chi connectivity index (χ0v) is 11.1. The number of hydrogen-bond acceptors (Lipinski definition) is 4. The highest BCUT2D eigenvalue weighted by Crippen LogP contribution is 2.25. The normalized spacial score (nSPS) is 9.90. The molecule has 20 heavy (non-hydrogen) atoms. The molecule has 0 saturated carbocycles. The highest BCUT2D eigenvalue weighted by Gasteiger charge is 2.02. The quantitative estimate of drug-likeness (QED) is 0.876. The summed E-state index contributed by atoms with van der Waals surface area (Å²) in [6, 6.07) is 14.4. The van der Waals surface area contributed by atoms with Crippen molar-refractivity contribution in [1.82, 2.24) is 0 Å². The van der Waals surface area contributed by atoms with Gasteiger partial charge in [0.15, 0.2) is 0 Å². The summed E-state index contributed by atoms with van der Waals surface area (Å²) in [6.45, 7) is -0.0520. The van der Waals surface area contributed by atoms with E-state index in [4.69, 9.17) is 15.2 Å². The summed E-state index contributed by atoms with van der Waals surface area (Å²) in [5, 5.41) is 2.67. The number of amides is 1. The molecule has 104 valence electrons. The highest BCUT2D eigenvalue weighted by molar-refractivity contribution is 5.92. The Morgan fingerprint density at radius 2 is 1.80 bits per heavy atom. The number of hydrogen-bond donors (Lipinski definition) is 2. The summed E-state index contributed by atoms with van der Waals surface area (Å²) in [6.07, 6.45) is 0. The number of anilines is 1. The zero-order chi connectivity index (χ0) is 14.4. The molecule has 0 unspecified atom stereocenters. The molecular formula is C15H16N2O3. The third-order valence-corrected chi connectivity index (χ3v) is 2.60. The SMILES string of the molecule is COc1ccc(Oc2cccc(NC(=O)CN)c2)cc1. The van der Waals surface area contributed by atoms with Crippen LogP contribution in [0.1, 0.15) is 0 Å². The molecule has 2 aromatic rings. The van der Waals surface area contributed by atoms with Gasteiger partial charge in [-0.05, 0) is 36.4 Å². The average Bonchev–Trinajstić information content (AvgIpc) is 2.48. The summed E-state index contributed by atoms with van der Waals surface area (Å²) in [5.74, 6) is 1.84. The van der Waals surface area contributed by atoms with E-state index >= 15 is 0 Å². The predicted molar refractivity (Wildman–Crippen MR) is 77.2 cm³/mol. The van der Waals surface area contributed by atoms with Crippen LogP contribution >= 0.6 is 0 Å². The van der Waals surface area contributed by atoms with Crippen LogP contribution in [0.25, 0.3) is 0 Å². The Morgan fingerprint density at radius 3 is 2.45 bits per heavy atom. The molecule has 0 atom stereocenters. The lowest BCUT2D eigenvalue weighted by Crippen LogP contribution is -2.21. The molecule has 5 nitrogen and oxygen atoms in total. The number of methoxy groups -OCH3 is 1. The molecule has 3 N–H and O–H groups in total. The van der Waals surface area contributed by atoms with Crippen LogP contribution in [0.2, 0.25) is 0 Å². The van der Waals surface area contributed by atoms with Crippen molar-refractivity contribution in [2.24, 2.45) is 5.73 Å². The second-order valence-corrected chi connectivity index (χ2v) is 4.06. The van der Waals surface area contributed by atoms with Gasteiger partial charge in [-0.3, -0.25) is 4.79 Å². The first-order valence-electron chi connectivity index (χ1n) is 6.13. The molecule has 0 fully saturated rings. The Morgan fingerprint density at radius 1 is 1.10 bits per heavy atom. The molecule has 0 aliphatic rings. The van der Waals surface area contributed by atoms with Gasteiger partial charge in [0, 0.05) is 11.8 Å². The van der Waals surface area contributed by atoms with E-state index in [-0.39, 0.29) is 12.5 Å². The number of carbonyl (C=O) groups is 1. The van der Waals surface area contributed by atoms with Gasteiger partial charge in [0.2, 0.25) is 5.91 Å². The summed E-state index contributed by atoms with van der Waals surface area (Å²) in [5.41, 5.74) is 5.90. The maximum Gasteiger partial charge on any atom is 0.238 e. The Kier molecular flexibility index (Phi) is 4.57. The summed E-state index contributed by atoms with van der Waals surface area (Å²) >= 11 is 0. The number of nitrogens with one attached hydrogen (secondary N) is 1. The Balaban J connectivity index is 2.08. The number of rotatable bonds is 5. The van der Waals surface area contributed by atoms with Crippen molar-refractivity contribution < 1.29 is 14.3 Å². The van der Waals surface area contributed by atoms with Crippen molar-refractivity contribution >= 4 is 11.6 Å². The van der Waals surface area contributed by atoms with E-state index in [0.717, 1.165) is 5.75 Å². The fraction of sp³-hybridized carbons (Fsp3) is 0.133. The van der Waals surface area contributed by atoms with Gasteiger partial charge in [0.05, 0.1) is 13.7 Å². The zero-order valence-electron chi connectivity index (χ0n) is 11.1. The van der Waals surface area contributed by atoms with Crippen LogP contribution in [0.3, 0.4) is 0 Å². The number of benzene rings is 2. The van der Waals surface area contributed by atoms with Crippen LogP contribution in [-0.2, 0) is 4.79 Å². The van der Waals surface area contributed by atoms with Crippen molar-refractivity contribution in [3.63, 3.8) is 0 Å². The van der Waals surface area contributed by atoms with Gasteiger partial charge in [-0.25, -0.2) is 0 Å². The largest absolute Gasteiger partial charge is 0.497 e. The van der Waals surface area contributed by atoms with Crippen LogP contribution in [0.5, 0.6) is 17.2 Å². The number of ether oxygens (including phenoxy) is 2. The second-order valence-electron chi connectivity index (χ2n) is 4.06. The van der Waals surface area contributed by atoms with Gasteiger partial charge in [0.25, 0.3) is 0 Å². The van der Waals surface area contributed by atoms with Crippen molar-refractivity contribution in [3.8, 4) is 17.2 Å². The second kappa shape index (κ2) is 6.58. The molecule has 0 heterocycles. The van der Waals surface area contributed by atoms with Crippen molar-refractivity contribution in [1.29, 1.82) is 0 Å². The monoisotopic (exact) mass is 272 g/mol. The van der Waals surface area contributed by atoms with Crippen LogP contribution in [0, 0.1) is 0 Å². The van der Waals surface area contributed by atoms with Crippen LogP contribution in [0.4, 0.5) is 5.69 Å². The van der Waals surface area contributed by atoms with Crippen LogP contribution in [0.15, 0.2) is 48.5 Å². The van der Waals surface area contributed by atoms with E-state index in [1.807, 2.05) is 30.3 Å². The molecule has 2 rings (SSSR count). The standard InChI is InChI=1S/C15H16N2O3/c1-19-12-5-7-13(8-6-12)20-14-4-2-3-11(9-14)17-15(18)10-16/h2-9H,10,16H2,1H3,(H,17,18). The van der Waals surface area contributed by atoms with E-state index in [2.05, 4.69) is 5.32 Å². The Hall–Kier alpha value is -2.53. The highest BCUT2D eigenvalue weighted by atomic mass is 16.5. The smallest absolute Gasteiger partial charge is 0.238 e. The lowest BCUT2D eigenvalue weighted by atomic mass is 10.3. The van der Waals surface area contributed by atoms with Crippen LogP contribution < -0.4 is 20.5 Å². The summed E-state index contributed by atoms with van der Waals surface area (Å²) in [7, 11) is 1.61. The first-order valence-corrected chi connectivity index (χ1v) is 6.13. The van der Waals surface area contributed by atoms with Gasteiger partial charge in [-0.2, -0.15) is 0 Å². The topological polar surface area (TPSA) is 73.6 Å². The molecule has 2 aromatic carbocycles. The van der Waals surface area contributed by atoms with Crippen LogP contribution in [-0.4, -0.2) is 19.6 Å². The first kappa shape index (κ1) is 13.9. The van der Waals surface area contributed by atoms with E-state index in [1.165, 1.54) is 0 Å². The maximum atomic E-state index is 11.2. The predicted octanol–water partition coefficient (Wildman–Crippen LogP) is 2.38. The maximum absolute atomic E-state index is 11.2. The molecular weight excluding hydrogens is 256 g/mol. The first-order chi connectivity index (χ1) is 9.71. The van der Waals surface area contributed by atoms with Gasteiger partial charge in [0.1, 0.15) is 17.2 Å². The van der Waals surface area contributed by atoms with Crippen molar-refractivity contribution in [2.75, 3.05) is 19.0 Å². The summed E-state index contributed by atoms with van der Waals surface area (Å²) in [4.78, 5) is 11.2. The molecule has 0 aromatic heterocycles. The molecule has 0 bridgehead atoms. The van der Waals surface area contributed by atoms with Gasteiger partial charge >= 0.3 is 0 Å². The fourth-order valence-electron chi connectivity index (χ4n) is 1.63. The third-order valence-electron chi connectivity index (χ3n) is 2.60. The van der Waals surface area contributed by atoms with E-state index in [9.17, 15) is 4.79 Å². The Labute approximate surface area is 117 Å². The van der Waals surface area contributed by atoms with E-state index < -0.39 is 0 Å². The average molecular weight is 272 g/mol. The van der Waals surface area contributed by atoms with Crippen molar-refractivity contribution in [2.45, 2.75) is 0 Å². The lowest BCUT2D eigenvalue weighted by Gasteiger charge is -2.09. The Bertz CT molecular complexity index is 582. The molecule has 0 saturated heterocycles. The minimum atomic E-state index is -0.244. The van der Waals surface area contributed by atoms with E-state index in [0.29, 0.717) is 17.2 Å². The van der Waals surface area contributed by atoms with Crippen molar-refractivity contribution in [3.05, 3.63) is 48.5 Å². The van der Waals surface area contributed by atoms with Gasteiger partial charge in [-0.1, -0.05) is 6.07 Å². The number of carbonyl (C=O) groups excluding carboxylic acids is 1. The molecule has 0 spiro atoms. The van der Waals surface area contributed by atoms with Gasteiger partial charge in [-0.15, -0.1) is 0 Å². The third kappa shape index (κ3) is 3.73. The molecule has 1 amide bonds. The molecule has 5 heteroatoms. The molecule has 0 aliphatic carbocycles. The molecule has 0 aliphatic heterocycles. The lowest BCUT2D eigenvalue weighted by molar-refractivity contribution is -0.114. The van der Waals surface area contributed by atoms with E-state index in [1.54, 1.807) is 25.3 Å². The number of nitrogens with two attached hydrogens (primary N) is 1. The molecule has 0 radical (unpaired) electrons. The van der Waals surface area contributed by atoms with Gasteiger partial charge < -0.3 is 20.5 Å². The fourth-order valence-corrected chi connectivity index (χ4v) is 1.63. The summed E-state index contributed by atoms with van der Waals surface area (Å²) < 4.78 is 10.8. The minimum Gasteiger partial charge on any atom is -0.497 e.